The third-order valence-electron chi connectivity index (χ3n) is 3.14. The van der Waals surface area contributed by atoms with Crippen molar-refractivity contribution in [2.45, 2.75) is 25.8 Å². The summed E-state index contributed by atoms with van der Waals surface area (Å²) in [7, 11) is 4.32. The van der Waals surface area contributed by atoms with Gasteiger partial charge in [-0.1, -0.05) is 0 Å². The molecular weight excluding hydrogens is 174 g/mol. The molecule has 2 N–H and O–H groups in total. The Morgan fingerprint density at radius 1 is 1.50 bits per heavy atom. The van der Waals surface area contributed by atoms with E-state index >= 15 is 0 Å². The van der Waals surface area contributed by atoms with Gasteiger partial charge in [0.15, 0.2) is 0 Å². The summed E-state index contributed by atoms with van der Waals surface area (Å²) in [5, 5.41) is 0. The first-order valence-electron chi connectivity index (χ1n) is 5.72. The van der Waals surface area contributed by atoms with Gasteiger partial charge in [-0.15, -0.1) is 0 Å². The highest BCUT2D eigenvalue weighted by molar-refractivity contribution is 4.78. The molecule has 0 aromatic carbocycles. The number of nitrogens with zero attached hydrogens (tertiary/aromatic N) is 2. The van der Waals surface area contributed by atoms with Crippen LogP contribution in [0.1, 0.15) is 19.8 Å². The van der Waals surface area contributed by atoms with Crippen LogP contribution < -0.4 is 5.73 Å². The first-order chi connectivity index (χ1) is 6.63. The molecule has 0 spiro atoms. The van der Waals surface area contributed by atoms with E-state index in [1.807, 2.05) is 0 Å². The summed E-state index contributed by atoms with van der Waals surface area (Å²) in [6, 6.07) is 0.556. The quantitative estimate of drug-likeness (QED) is 0.720. The molecule has 0 aromatic rings. The maximum absolute atomic E-state index is 5.70. The van der Waals surface area contributed by atoms with Gasteiger partial charge >= 0.3 is 0 Å². The van der Waals surface area contributed by atoms with Crippen molar-refractivity contribution >= 4 is 0 Å². The smallest absolute Gasteiger partial charge is 0.0190 e. The lowest BCUT2D eigenvalue weighted by Gasteiger charge is -2.37. The van der Waals surface area contributed by atoms with Gasteiger partial charge in [0.25, 0.3) is 0 Å². The van der Waals surface area contributed by atoms with Gasteiger partial charge < -0.3 is 10.6 Å². The van der Waals surface area contributed by atoms with Crippen LogP contribution >= 0.6 is 0 Å². The van der Waals surface area contributed by atoms with Gasteiger partial charge in [-0.05, 0) is 46.3 Å². The van der Waals surface area contributed by atoms with Crippen LogP contribution in [0.15, 0.2) is 0 Å². The molecule has 0 aromatic heterocycles. The van der Waals surface area contributed by atoms with Crippen LogP contribution in [0.3, 0.4) is 0 Å². The molecule has 1 rings (SSSR count). The second-order valence-corrected chi connectivity index (χ2v) is 4.85. The zero-order valence-corrected chi connectivity index (χ0v) is 9.87. The van der Waals surface area contributed by atoms with Crippen LogP contribution in [0.2, 0.25) is 0 Å². The molecule has 84 valence electrons. The van der Waals surface area contributed by atoms with Gasteiger partial charge in [0.1, 0.15) is 0 Å². The van der Waals surface area contributed by atoms with Crippen molar-refractivity contribution in [1.29, 1.82) is 0 Å². The highest BCUT2D eigenvalue weighted by Crippen LogP contribution is 2.18. The van der Waals surface area contributed by atoms with Gasteiger partial charge in [-0.3, -0.25) is 4.90 Å². The first kappa shape index (κ1) is 12.0. The third kappa shape index (κ3) is 3.56. The molecule has 3 heteroatoms. The topological polar surface area (TPSA) is 32.5 Å². The summed E-state index contributed by atoms with van der Waals surface area (Å²) < 4.78 is 0. The fourth-order valence-electron chi connectivity index (χ4n) is 2.31. The van der Waals surface area contributed by atoms with Crippen LogP contribution in [0.5, 0.6) is 0 Å². The van der Waals surface area contributed by atoms with E-state index in [2.05, 4.69) is 30.8 Å². The fraction of sp³-hybridized carbons (Fsp3) is 1.00. The number of piperidine rings is 1. The molecule has 1 saturated heterocycles. The average Bonchev–Trinajstić information content (AvgIpc) is 2.16. The summed E-state index contributed by atoms with van der Waals surface area (Å²) >= 11 is 0. The van der Waals surface area contributed by atoms with Crippen molar-refractivity contribution in [3.8, 4) is 0 Å². The molecule has 1 fully saturated rings. The zero-order valence-electron chi connectivity index (χ0n) is 9.87. The molecule has 0 radical (unpaired) electrons. The number of rotatable bonds is 4. The van der Waals surface area contributed by atoms with E-state index in [0.717, 1.165) is 12.5 Å². The summed E-state index contributed by atoms with van der Waals surface area (Å²) in [6.07, 6.45) is 2.72. The Bertz CT molecular complexity index is 159. The molecule has 1 aliphatic heterocycles. The lowest BCUT2D eigenvalue weighted by molar-refractivity contribution is 0.119. The van der Waals surface area contributed by atoms with E-state index in [0.29, 0.717) is 6.04 Å². The second kappa shape index (κ2) is 5.69. The third-order valence-corrected chi connectivity index (χ3v) is 3.14. The number of nitrogens with two attached hydrogens (primary N) is 1. The summed E-state index contributed by atoms with van der Waals surface area (Å²) in [5.41, 5.74) is 5.70. The standard InChI is InChI=1S/C11H25N3/c1-10(7-12)14-6-4-5-11(9-14)8-13(2)3/h10-11H,4-9,12H2,1-3H3. The van der Waals surface area contributed by atoms with E-state index < -0.39 is 0 Å². The molecule has 14 heavy (non-hydrogen) atoms. The number of hydrogen-bond acceptors (Lipinski definition) is 3. The van der Waals surface area contributed by atoms with Crippen LogP contribution in [0.25, 0.3) is 0 Å². The molecule has 0 amide bonds. The van der Waals surface area contributed by atoms with Gasteiger partial charge in [-0.2, -0.15) is 0 Å². The highest BCUT2D eigenvalue weighted by atomic mass is 15.2. The van der Waals surface area contributed by atoms with Gasteiger partial charge in [-0.25, -0.2) is 0 Å². The number of hydrogen-bond donors (Lipinski definition) is 1. The van der Waals surface area contributed by atoms with Crippen molar-refractivity contribution in [3.05, 3.63) is 0 Å². The van der Waals surface area contributed by atoms with E-state index in [9.17, 15) is 0 Å². The van der Waals surface area contributed by atoms with Crippen molar-refractivity contribution < 1.29 is 0 Å². The molecule has 0 bridgehead atoms. The second-order valence-electron chi connectivity index (χ2n) is 4.85. The molecule has 3 nitrogen and oxygen atoms in total. The Kier molecular flexibility index (Phi) is 4.85. The normalized spacial score (nSPS) is 26.8. The monoisotopic (exact) mass is 199 g/mol. The Labute approximate surface area is 88.2 Å². The van der Waals surface area contributed by atoms with E-state index in [1.165, 1.54) is 32.5 Å². The predicted molar refractivity (Wildman–Crippen MR) is 61.4 cm³/mol. The summed E-state index contributed by atoms with van der Waals surface area (Å²) in [5.74, 6) is 0.841. The molecule has 1 aliphatic rings. The van der Waals surface area contributed by atoms with Crippen molar-refractivity contribution in [2.75, 3.05) is 40.3 Å². The minimum Gasteiger partial charge on any atom is -0.329 e. The van der Waals surface area contributed by atoms with Crippen LogP contribution in [0, 0.1) is 5.92 Å². The SMILES string of the molecule is CC(CN)N1CCCC(CN(C)C)C1. The highest BCUT2D eigenvalue weighted by Gasteiger charge is 2.22. The summed E-state index contributed by atoms with van der Waals surface area (Å²) in [6.45, 7) is 6.71. The zero-order chi connectivity index (χ0) is 10.6. The Balaban J connectivity index is 2.35. The van der Waals surface area contributed by atoms with E-state index in [-0.39, 0.29) is 0 Å². The van der Waals surface area contributed by atoms with Gasteiger partial charge in [0, 0.05) is 25.7 Å². The minimum atomic E-state index is 0.556. The molecule has 2 atom stereocenters. The Morgan fingerprint density at radius 2 is 2.21 bits per heavy atom. The maximum Gasteiger partial charge on any atom is 0.0190 e. The lowest BCUT2D eigenvalue weighted by Crippen LogP contribution is -2.46. The van der Waals surface area contributed by atoms with Crippen molar-refractivity contribution in [1.82, 2.24) is 9.80 Å². The van der Waals surface area contributed by atoms with Gasteiger partial charge in [0.05, 0.1) is 0 Å². The van der Waals surface area contributed by atoms with Crippen molar-refractivity contribution in [2.24, 2.45) is 11.7 Å². The lowest BCUT2D eigenvalue weighted by atomic mass is 9.96. The minimum absolute atomic E-state index is 0.556. The fourth-order valence-corrected chi connectivity index (χ4v) is 2.31. The molecule has 1 heterocycles. The van der Waals surface area contributed by atoms with Gasteiger partial charge in [0.2, 0.25) is 0 Å². The Morgan fingerprint density at radius 3 is 2.79 bits per heavy atom. The molecule has 0 aliphatic carbocycles. The Hall–Kier alpha value is -0.120. The van der Waals surface area contributed by atoms with Crippen molar-refractivity contribution in [3.63, 3.8) is 0 Å². The van der Waals surface area contributed by atoms with Crippen LogP contribution in [-0.2, 0) is 0 Å². The average molecular weight is 199 g/mol. The number of likely N-dealkylation sites (tertiary alicyclic amines) is 1. The molecule has 0 saturated carbocycles. The largest absolute Gasteiger partial charge is 0.329 e. The maximum atomic E-state index is 5.70. The summed E-state index contributed by atoms with van der Waals surface area (Å²) in [4.78, 5) is 4.83. The molecule has 2 unspecified atom stereocenters. The first-order valence-corrected chi connectivity index (χ1v) is 5.72. The van der Waals surface area contributed by atoms with Crippen LogP contribution in [-0.4, -0.2) is 56.1 Å². The predicted octanol–water partition coefficient (Wildman–Crippen LogP) is 0.607. The molecular formula is C11H25N3. The van der Waals surface area contributed by atoms with E-state index in [4.69, 9.17) is 5.73 Å². The van der Waals surface area contributed by atoms with E-state index in [1.54, 1.807) is 0 Å². The van der Waals surface area contributed by atoms with Crippen LogP contribution in [0.4, 0.5) is 0 Å².